The molecular formula is C24H49NO5S. The van der Waals surface area contributed by atoms with Gasteiger partial charge in [0.2, 0.25) is 0 Å². The van der Waals surface area contributed by atoms with E-state index in [4.69, 9.17) is 13.1 Å². The van der Waals surface area contributed by atoms with Gasteiger partial charge < -0.3 is 4.74 Å². The summed E-state index contributed by atoms with van der Waals surface area (Å²) >= 11 is 0. The molecule has 0 N–H and O–H groups in total. The van der Waals surface area contributed by atoms with E-state index >= 15 is 0 Å². The van der Waals surface area contributed by atoms with Gasteiger partial charge in [-0.05, 0) is 13.3 Å². The topological polar surface area (TPSA) is 65.1 Å². The molecule has 7 heteroatoms. The summed E-state index contributed by atoms with van der Waals surface area (Å²) in [6, 6.07) is 0.108. The Hall–Kier alpha value is -0.210. The van der Waals surface area contributed by atoms with E-state index in [0.717, 1.165) is 25.9 Å². The fourth-order valence-corrected chi connectivity index (χ4v) is 4.91. The number of unbranched alkanes of at least 4 members (excludes halogenated alkanes) is 13. The first kappa shape index (κ1) is 28.8. The highest BCUT2D eigenvalue weighted by atomic mass is 32.3. The summed E-state index contributed by atoms with van der Waals surface area (Å²) in [7, 11) is -3.88. The van der Waals surface area contributed by atoms with Crippen molar-refractivity contribution in [3.8, 4) is 0 Å². The molecule has 0 bridgehead atoms. The van der Waals surface area contributed by atoms with E-state index < -0.39 is 10.4 Å². The predicted molar refractivity (Wildman–Crippen MR) is 128 cm³/mol. The smallest absolute Gasteiger partial charge is 0.379 e. The molecule has 1 aliphatic heterocycles. The standard InChI is InChI=1S/C24H49NO5S/c1-3-5-6-7-8-9-10-11-12-13-14-15-16-17-18-24(25-19-21-28-22-20-25)23-30-31(26,27)29-4-2/h24H,3-23H2,1-2H3. The molecule has 6 nitrogen and oxygen atoms in total. The second-order valence-corrected chi connectivity index (χ2v) is 10.1. The van der Waals surface area contributed by atoms with E-state index in [2.05, 4.69) is 11.8 Å². The molecule has 0 aromatic rings. The molecule has 0 aliphatic carbocycles. The third-order valence-corrected chi connectivity index (χ3v) is 7.07. The lowest BCUT2D eigenvalue weighted by molar-refractivity contribution is 0.00250. The first-order valence-corrected chi connectivity index (χ1v) is 14.3. The summed E-state index contributed by atoms with van der Waals surface area (Å²) < 4.78 is 38.7. The van der Waals surface area contributed by atoms with Gasteiger partial charge in [0.05, 0.1) is 26.4 Å². The fourth-order valence-electron chi connectivity index (χ4n) is 4.23. The van der Waals surface area contributed by atoms with E-state index in [9.17, 15) is 8.42 Å². The highest BCUT2D eigenvalue weighted by molar-refractivity contribution is 7.81. The number of ether oxygens (including phenoxy) is 1. The highest BCUT2D eigenvalue weighted by Crippen LogP contribution is 2.17. The zero-order valence-electron chi connectivity index (χ0n) is 20.3. The van der Waals surface area contributed by atoms with Gasteiger partial charge in [0.1, 0.15) is 0 Å². The van der Waals surface area contributed by atoms with Crippen molar-refractivity contribution < 1.29 is 21.5 Å². The van der Waals surface area contributed by atoms with Gasteiger partial charge in [-0.25, -0.2) is 8.37 Å². The number of hydrogen-bond donors (Lipinski definition) is 0. The Labute approximate surface area is 192 Å². The maximum atomic E-state index is 11.7. The average Bonchev–Trinajstić information content (AvgIpc) is 2.76. The minimum absolute atomic E-state index is 0.101. The van der Waals surface area contributed by atoms with E-state index in [-0.39, 0.29) is 19.3 Å². The lowest BCUT2D eigenvalue weighted by Crippen LogP contribution is -2.46. The molecule has 31 heavy (non-hydrogen) atoms. The molecule has 186 valence electrons. The van der Waals surface area contributed by atoms with Crippen molar-refractivity contribution in [2.24, 2.45) is 0 Å². The van der Waals surface area contributed by atoms with Crippen LogP contribution in [0.2, 0.25) is 0 Å². The quantitative estimate of drug-likeness (QED) is 0.199. The van der Waals surface area contributed by atoms with Gasteiger partial charge in [-0.3, -0.25) is 4.90 Å². The molecule has 0 saturated carbocycles. The summed E-state index contributed by atoms with van der Waals surface area (Å²) in [6.45, 7) is 7.26. The van der Waals surface area contributed by atoms with Crippen LogP contribution < -0.4 is 0 Å². The van der Waals surface area contributed by atoms with Crippen LogP contribution in [0.1, 0.15) is 110 Å². The van der Waals surface area contributed by atoms with Gasteiger partial charge >= 0.3 is 10.4 Å². The van der Waals surface area contributed by atoms with E-state index in [1.165, 1.54) is 83.5 Å². The fraction of sp³-hybridized carbons (Fsp3) is 1.00. The van der Waals surface area contributed by atoms with Crippen LogP contribution >= 0.6 is 0 Å². The zero-order chi connectivity index (χ0) is 22.6. The number of nitrogens with zero attached hydrogens (tertiary/aromatic N) is 1. The number of morpholine rings is 1. The minimum atomic E-state index is -3.88. The predicted octanol–water partition coefficient (Wildman–Crippen LogP) is 5.86. The van der Waals surface area contributed by atoms with Crippen molar-refractivity contribution >= 4 is 10.4 Å². The Kier molecular flexibility index (Phi) is 17.9. The lowest BCUT2D eigenvalue weighted by Gasteiger charge is -2.34. The average molecular weight is 464 g/mol. The van der Waals surface area contributed by atoms with Crippen LogP contribution in [0.4, 0.5) is 0 Å². The molecule has 0 spiro atoms. The van der Waals surface area contributed by atoms with Gasteiger partial charge in [-0.2, -0.15) is 8.42 Å². The first-order valence-electron chi connectivity index (χ1n) is 12.9. The highest BCUT2D eigenvalue weighted by Gasteiger charge is 2.23. The molecule has 1 heterocycles. The monoisotopic (exact) mass is 463 g/mol. The maximum absolute atomic E-state index is 11.7. The zero-order valence-corrected chi connectivity index (χ0v) is 21.1. The third kappa shape index (κ3) is 16.1. The Balaban J connectivity index is 2.08. The SMILES string of the molecule is CCCCCCCCCCCCCCCCC(COS(=O)(=O)OCC)N1CCOCC1. The van der Waals surface area contributed by atoms with Gasteiger partial charge in [-0.1, -0.05) is 96.8 Å². The molecule has 0 aromatic heterocycles. The second-order valence-electron chi connectivity index (χ2n) is 8.79. The van der Waals surface area contributed by atoms with Crippen molar-refractivity contribution in [1.29, 1.82) is 0 Å². The number of hydrogen-bond acceptors (Lipinski definition) is 6. The van der Waals surface area contributed by atoms with E-state index in [1.807, 2.05) is 0 Å². The summed E-state index contributed by atoms with van der Waals surface area (Å²) in [5.74, 6) is 0. The second kappa shape index (κ2) is 19.3. The molecule has 1 atom stereocenters. The lowest BCUT2D eigenvalue weighted by atomic mass is 10.0. The largest absolute Gasteiger partial charge is 0.399 e. The Morgan fingerprint density at radius 2 is 1.23 bits per heavy atom. The van der Waals surface area contributed by atoms with Crippen molar-refractivity contribution in [3.63, 3.8) is 0 Å². The van der Waals surface area contributed by atoms with Gasteiger partial charge in [-0.15, -0.1) is 0 Å². The van der Waals surface area contributed by atoms with Crippen molar-refractivity contribution in [1.82, 2.24) is 4.90 Å². The van der Waals surface area contributed by atoms with Crippen molar-refractivity contribution in [2.75, 3.05) is 39.5 Å². The van der Waals surface area contributed by atoms with Gasteiger partial charge in [0.15, 0.2) is 0 Å². The van der Waals surface area contributed by atoms with Gasteiger partial charge in [0.25, 0.3) is 0 Å². The van der Waals surface area contributed by atoms with Crippen LogP contribution in [0.15, 0.2) is 0 Å². The molecular weight excluding hydrogens is 414 g/mol. The summed E-state index contributed by atoms with van der Waals surface area (Å²) in [6.07, 6.45) is 19.7. The number of rotatable bonds is 21. The molecule has 1 aliphatic rings. The Morgan fingerprint density at radius 3 is 1.71 bits per heavy atom. The van der Waals surface area contributed by atoms with Crippen LogP contribution in [0, 0.1) is 0 Å². The maximum Gasteiger partial charge on any atom is 0.399 e. The van der Waals surface area contributed by atoms with Crippen molar-refractivity contribution in [3.05, 3.63) is 0 Å². The molecule has 1 fully saturated rings. The molecule has 1 unspecified atom stereocenters. The van der Waals surface area contributed by atoms with Gasteiger partial charge in [0, 0.05) is 19.1 Å². The van der Waals surface area contributed by atoms with Crippen molar-refractivity contribution in [2.45, 2.75) is 116 Å². The van der Waals surface area contributed by atoms with Crippen LogP contribution in [0.5, 0.6) is 0 Å². The Morgan fingerprint density at radius 1 is 0.742 bits per heavy atom. The molecule has 1 saturated heterocycles. The summed E-state index contributed by atoms with van der Waals surface area (Å²) in [4.78, 5) is 2.30. The summed E-state index contributed by atoms with van der Waals surface area (Å²) in [5.41, 5.74) is 0. The van der Waals surface area contributed by atoms with Crippen LogP contribution in [0.25, 0.3) is 0 Å². The van der Waals surface area contributed by atoms with Crippen LogP contribution in [0.3, 0.4) is 0 Å². The third-order valence-electron chi connectivity index (χ3n) is 6.12. The van der Waals surface area contributed by atoms with E-state index in [1.54, 1.807) is 6.92 Å². The van der Waals surface area contributed by atoms with E-state index in [0.29, 0.717) is 13.2 Å². The summed E-state index contributed by atoms with van der Waals surface area (Å²) in [5, 5.41) is 0. The first-order chi connectivity index (χ1) is 15.1. The molecule has 0 radical (unpaired) electrons. The molecule has 0 amide bonds. The van der Waals surface area contributed by atoms with Crippen LogP contribution in [-0.2, 0) is 23.5 Å². The Bertz CT molecular complexity index is 494. The molecule has 1 rings (SSSR count). The normalized spacial score (nSPS) is 16.6. The van der Waals surface area contributed by atoms with Crippen LogP contribution in [-0.4, -0.2) is 58.9 Å². The molecule has 0 aromatic carbocycles. The minimum Gasteiger partial charge on any atom is -0.379 e.